The van der Waals surface area contributed by atoms with Gasteiger partial charge in [0.25, 0.3) is 0 Å². The minimum absolute atomic E-state index is 0.108. The minimum Gasteiger partial charge on any atom is -0.349 e. The van der Waals surface area contributed by atoms with E-state index in [1.165, 1.54) is 18.9 Å². The Morgan fingerprint density at radius 3 is 2.26 bits per heavy atom. The highest BCUT2D eigenvalue weighted by Crippen LogP contribution is 2.24. The van der Waals surface area contributed by atoms with E-state index in [4.69, 9.17) is 0 Å². The standard InChI is InChI=1S/C19H28N2O2/c1-13-5-7-17(8-6-13)18(20-16(4)22)10-19(23)21-11-14(2)9-15(3)12-21/h5-8,14-15,18H,9-12H2,1-4H3,(H,20,22)/t14-,15+,18-/m1/s1. The second-order valence-corrected chi connectivity index (χ2v) is 7.11. The molecule has 1 saturated heterocycles. The monoisotopic (exact) mass is 316 g/mol. The maximum absolute atomic E-state index is 12.7. The highest BCUT2D eigenvalue weighted by atomic mass is 16.2. The van der Waals surface area contributed by atoms with Crippen molar-refractivity contribution in [1.29, 1.82) is 0 Å². The summed E-state index contributed by atoms with van der Waals surface area (Å²) in [5.41, 5.74) is 2.15. The number of nitrogens with one attached hydrogen (secondary N) is 1. The maximum Gasteiger partial charge on any atom is 0.225 e. The first-order chi connectivity index (χ1) is 10.8. The van der Waals surface area contributed by atoms with Gasteiger partial charge < -0.3 is 10.2 Å². The molecular weight excluding hydrogens is 288 g/mol. The van der Waals surface area contributed by atoms with Gasteiger partial charge in [0.15, 0.2) is 0 Å². The molecule has 1 aliphatic heterocycles. The molecule has 0 radical (unpaired) electrons. The van der Waals surface area contributed by atoms with Crippen molar-refractivity contribution >= 4 is 11.8 Å². The minimum atomic E-state index is -0.256. The van der Waals surface area contributed by atoms with Gasteiger partial charge in [-0.3, -0.25) is 9.59 Å². The van der Waals surface area contributed by atoms with Gasteiger partial charge in [-0.15, -0.1) is 0 Å². The number of hydrogen-bond donors (Lipinski definition) is 1. The van der Waals surface area contributed by atoms with E-state index in [1.54, 1.807) is 0 Å². The average Bonchev–Trinajstić information content (AvgIpc) is 2.45. The van der Waals surface area contributed by atoms with E-state index in [0.29, 0.717) is 18.3 Å². The molecule has 1 N–H and O–H groups in total. The summed E-state index contributed by atoms with van der Waals surface area (Å²) in [7, 11) is 0. The summed E-state index contributed by atoms with van der Waals surface area (Å²) in [6.45, 7) is 9.56. The molecule has 4 heteroatoms. The van der Waals surface area contributed by atoms with E-state index in [1.807, 2.05) is 36.1 Å². The Labute approximate surface area is 139 Å². The summed E-state index contributed by atoms with van der Waals surface area (Å²) in [5, 5.41) is 2.92. The quantitative estimate of drug-likeness (QED) is 0.928. The fourth-order valence-corrected chi connectivity index (χ4v) is 3.47. The van der Waals surface area contributed by atoms with E-state index < -0.39 is 0 Å². The lowest BCUT2D eigenvalue weighted by atomic mass is 9.91. The molecule has 2 amide bonds. The Balaban J connectivity index is 2.09. The molecule has 4 nitrogen and oxygen atoms in total. The summed E-state index contributed by atoms with van der Waals surface area (Å²) in [5.74, 6) is 1.11. The molecule has 3 atom stereocenters. The van der Waals surface area contributed by atoms with Crippen LogP contribution in [0.3, 0.4) is 0 Å². The number of hydrogen-bond acceptors (Lipinski definition) is 2. The van der Waals surface area contributed by atoms with Gasteiger partial charge in [-0.2, -0.15) is 0 Å². The number of likely N-dealkylation sites (tertiary alicyclic amines) is 1. The molecule has 1 aromatic carbocycles. The number of nitrogens with zero attached hydrogens (tertiary/aromatic N) is 1. The Bertz CT molecular complexity index is 543. The van der Waals surface area contributed by atoms with Crippen molar-refractivity contribution in [1.82, 2.24) is 10.2 Å². The third kappa shape index (κ3) is 5.08. The van der Waals surface area contributed by atoms with Crippen molar-refractivity contribution in [2.45, 2.75) is 46.6 Å². The zero-order valence-corrected chi connectivity index (χ0v) is 14.6. The predicted molar refractivity (Wildman–Crippen MR) is 91.9 cm³/mol. The largest absolute Gasteiger partial charge is 0.349 e. The van der Waals surface area contributed by atoms with Crippen LogP contribution in [0.15, 0.2) is 24.3 Å². The van der Waals surface area contributed by atoms with Crippen molar-refractivity contribution in [3.8, 4) is 0 Å². The molecule has 0 bridgehead atoms. The van der Waals surface area contributed by atoms with Crippen LogP contribution in [0.1, 0.15) is 50.8 Å². The van der Waals surface area contributed by atoms with E-state index in [-0.39, 0.29) is 17.9 Å². The maximum atomic E-state index is 12.7. The summed E-state index contributed by atoms with van der Waals surface area (Å²) in [6, 6.07) is 7.75. The highest BCUT2D eigenvalue weighted by molar-refractivity contribution is 5.79. The lowest BCUT2D eigenvalue weighted by molar-refractivity contribution is -0.134. The van der Waals surface area contributed by atoms with Crippen LogP contribution in [0.2, 0.25) is 0 Å². The summed E-state index contributed by atoms with van der Waals surface area (Å²) in [6.07, 6.45) is 1.50. The number of carbonyl (C=O) groups excluding carboxylic acids is 2. The molecule has 1 fully saturated rings. The Morgan fingerprint density at radius 2 is 1.74 bits per heavy atom. The predicted octanol–water partition coefficient (Wildman–Crippen LogP) is 3.07. The zero-order valence-electron chi connectivity index (χ0n) is 14.6. The van der Waals surface area contributed by atoms with Crippen molar-refractivity contribution in [2.75, 3.05) is 13.1 Å². The van der Waals surface area contributed by atoms with E-state index in [0.717, 1.165) is 18.7 Å². The normalized spacial score (nSPS) is 22.5. The van der Waals surface area contributed by atoms with Crippen molar-refractivity contribution in [3.63, 3.8) is 0 Å². The molecule has 1 aromatic rings. The highest BCUT2D eigenvalue weighted by Gasteiger charge is 2.27. The lowest BCUT2D eigenvalue weighted by Gasteiger charge is -2.36. The molecule has 1 aliphatic rings. The van der Waals surface area contributed by atoms with Crippen LogP contribution in [0.4, 0.5) is 0 Å². The third-order valence-corrected chi connectivity index (χ3v) is 4.46. The van der Waals surface area contributed by atoms with Gasteiger partial charge in [0.05, 0.1) is 12.5 Å². The van der Waals surface area contributed by atoms with Gasteiger partial charge in [-0.25, -0.2) is 0 Å². The first-order valence-electron chi connectivity index (χ1n) is 8.46. The molecule has 2 rings (SSSR count). The number of amides is 2. The molecule has 126 valence electrons. The van der Waals surface area contributed by atoms with Crippen LogP contribution < -0.4 is 5.32 Å². The fraction of sp³-hybridized carbons (Fsp3) is 0.579. The topological polar surface area (TPSA) is 49.4 Å². The number of benzene rings is 1. The lowest BCUT2D eigenvalue weighted by Crippen LogP contribution is -2.44. The summed E-state index contributed by atoms with van der Waals surface area (Å²) in [4.78, 5) is 26.2. The SMILES string of the molecule is CC(=O)N[C@H](CC(=O)N1C[C@H](C)C[C@H](C)C1)c1ccc(C)cc1. The molecule has 0 saturated carbocycles. The average molecular weight is 316 g/mol. The molecule has 0 unspecified atom stereocenters. The number of carbonyl (C=O) groups is 2. The van der Waals surface area contributed by atoms with Crippen LogP contribution in [0.5, 0.6) is 0 Å². The summed E-state index contributed by atoms with van der Waals surface area (Å²) < 4.78 is 0. The van der Waals surface area contributed by atoms with Crippen molar-refractivity contribution in [3.05, 3.63) is 35.4 Å². The molecule has 1 heterocycles. The number of aryl methyl sites for hydroxylation is 1. The van der Waals surface area contributed by atoms with Gasteiger partial charge in [0.2, 0.25) is 11.8 Å². The Morgan fingerprint density at radius 1 is 1.17 bits per heavy atom. The number of rotatable bonds is 4. The molecule has 23 heavy (non-hydrogen) atoms. The van der Waals surface area contributed by atoms with Gasteiger partial charge in [0.1, 0.15) is 0 Å². The van der Waals surface area contributed by atoms with Crippen LogP contribution in [0.25, 0.3) is 0 Å². The Hall–Kier alpha value is -1.84. The van der Waals surface area contributed by atoms with Gasteiger partial charge in [-0.1, -0.05) is 43.7 Å². The first kappa shape index (κ1) is 17.5. The van der Waals surface area contributed by atoms with E-state index >= 15 is 0 Å². The van der Waals surface area contributed by atoms with Crippen molar-refractivity contribution < 1.29 is 9.59 Å². The number of piperidine rings is 1. The van der Waals surface area contributed by atoms with E-state index in [9.17, 15) is 9.59 Å². The second kappa shape index (κ2) is 7.62. The van der Waals surface area contributed by atoms with Gasteiger partial charge in [0, 0.05) is 20.0 Å². The van der Waals surface area contributed by atoms with Crippen LogP contribution in [0, 0.1) is 18.8 Å². The fourth-order valence-electron chi connectivity index (χ4n) is 3.47. The van der Waals surface area contributed by atoms with Gasteiger partial charge in [-0.05, 0) is 30.7 Å². The van der Waals surface area contributed by atoms with Crippen LogP contribution in [-0.4, -0.2) is 29.8 Å². The van der Waals surface area contributed by atoms with E-state index in [2.05, 4.69) is 19.2 Å². The molecule has 0 aliphatic carbocycles. The Kier molecular flexibility index (Phi) is 5.80. The first-order valence-corrected chi connectivity index (χ1v) is 8.46. The molecule has 0 aromatic heterocycles. The smallest absolute Gasteiger partial charge is 0.225 e. The second-order valence-electron chi connectivity index (χ2n) is 7.11. The van der Waals surface area contributed by atoms with Gasteiger partial charge >= 0.3 is 0 Å². The molecule has 0 spiro atoms. The van der Waals surface area contributed by atoms with Crippen LogP contribution in [-0.2, 0) is 9.59 Å². The van der Waals surface area contributed by atoms with Crippen LogP contribution >= 0.6 is 0 Å². The zero-order chi connectivity index (χ0) is 17.0. The third-order valence-electron chi connectivity index (χ3n) is 4.46. The van der Waals surface area contributed by atoms with Crippen molar-refractivity contribution in [2.24, 2.45) is 11.8 Å². The molecular formula is C19H28N2O2. The summed E-state index contributed by atoms with van der Waals surface area (Å²) >= 11 is 0.